The van der Waals surface area contributed by atoms with Gasteiger partial charge in [0.2, 0.25) is 0 Å². The van der Waals surface area contributed by atoms with Crippen LogP contribution >= 0.6 is 15.9 Å². The summed E-state index contributed by atoms with van der Waals surface area (Å²) < 4.78 is 6.37. The lowest BCUT2D eigenvalue weighted by Gasteiger charge is -2.31. The molecule has 3 rings (SSSR count). The molecular formula is C17H18BrNO2. The Bertz CT molecular complexity index is 642. The molecule has 0 fully saturated rings. The maximum atomic E-state index is 10.0. The number of halogens is 1. The van der Waals surface area contributed by atoms with E-state index in [9.17, 15) is 5.11 Å². The first-order chi connectivity index (χ1) is 10.2. The van der Waals surface area contributed by atoms with E-state index < -0.39 is 5.54 Å². The fourth-order valence-electron chi connectivity index (χ4n) is 2.97. The number of aliphatic hydroxyl groups is 1. The Kier molecular flexibility index (Phi) is 3.91. The molecule has 0 bridgehead atoms. The lowest BCUT2D eigenvalue weighted by Crippen LogP contribution is -2.36. The van der Waals surface area contributed by atoms with Crippen molar-refractivity contribution in [2.45, 2.75) is 18.4 Å². The van der Waals surface area contributed by atoms with E-state index in [2.05, 4.69) is 27.3 Å². The topological polar surface area (TPSA) is 41.5 Å². The number of aryl methyl sites for hydroxylation is 1. The number of anilines is 1. The maximum Gasteiger partial charge on any atom is 0.119 e. The summed E-state index contributed by atoms with van der Waals surface area (Å²) in [5, 5.41) is 13.5. The molecule has 0 radical (unpaired) electrons. The average Bonchev–Trinajstić information content (AvgIpc) is 2.88. The van der Waals surface area contributed by atoms with Crippen LogP contribution in [0.25, 0.3) is 0 Å². The van der Waals surface area contributed by atoms with Crippen LogP contribution < -0.4 is 10.1 Å². The highest BCUT2D eigenvalue weighted by molar-refractivity contribution is 9.10. The third-order valence-electron chi connectivity index (χ3n) is 4.15. The van der Waals surface area contributed by atoms with Crippen LogP contribution in [0, 0.1) is 0 Å². The largest absolute Gasteiger partial charge is 0.497 e. The zero-order chi connectivity index (χ0) is 14.9. The summed E-state index contributed by atoms with van der Waals surface area (Å²) in [6.45, 7) is 0.0588. The average molecular weight is 348 g/mol. The molecule has 0 aliphatic heterocycles. The number of methoxy groups -OCH3 is 1. The van der Waals surface area contributed by atoms with Crippen LogP contribution in [0.1, 0.15) is 17.5 Å². The molecule has 1 aliphatic rings. The predicted molar refractivity (Wildman–Crippen MR) is 87.8 cm³/mol. The molecule has 0 saturated heterocycles. The highest BCUT2D eigenvalue weighted by Crippen LogP contribution is 2.41. The maximum absolute atomic E-state index is 10.0. The lowest BCUT2D eigenvalue weighted by molar-refractivity contribution is 0.211. The van der Waals surface area contributed by atoms with Gasteiger partial charge in [-0.15, -0.1) is 0 Å². The van der Waals surface area contributed by atoms with Crippen LogP contribution in [-0.4, -0.2) is 18.8 Å². The molecule has 1 atom stereocenters. The van der Waals surface area contributed by atoms with Gasteiger partial charge in [0.05, 0.1) is 19.3 Å². The number of fused-ring (bicyclic) bond motifs is 1. The highest BCUT2D eigenvalue weighted by Gasteiger charge is 2.38. The van der Waals surface area contributed by atoms with E-state index in [-0.39, 0.29) is 6.61 Å². The molecule has 0 spiro atoms. The first-order valence-electron chi connectivity index (χ1n) is 6.99. The summed E-state index contributed by atoms with van der Waals surface area (Å²) in [5.74, 6) is 0.825. The van der Waals surface area contributed by atoms with Gasteiger partial charge in [-0.1, -0.05) is 22.0 Å². The van der Waals surface area contributed by atoms with Gasteiger partial charge in [0.25, 0.3) is 0 Å². The second kappa shape index (κ2) is 5.70. The Morgan fingerprint density at radius 3 is 2.67 bits per heavy atom. The molecule has 110 valence electrons. The number of benzene rings is 2. The van der Waals surface area contributed by atoms with E-state index in [0.29, 0.717) is 0 Å². The van der Waals surface area contributed by atoms with Crippen LogP contribution in [0.4, 0.5) is 5.69 Å². The molecule has 0 amide bonds. The van der Waals surface area contributed by atoms with Crippen molar-refractivity contribution >= 4 is 21.6 Å². The van der Waals surface area contributed by atoms with E-state index >= 15 is 0 Å². The Labute approximate surface area is 133 Å². The molecule has 21 heavy (non-hydrogen) atoms. The smallest absolute Gasteiger partial charge is 0.119 e. The van der Waals surface area contributed by atoms with Crippen molar-refractivity contribution in [2.24, 2.45) is 0 Å². The number of nitrogens with one attached hydrogen (secondary N) is 1. The summed E-state index contributed by atoms with van der Waals surface area (Å²) in [6, 6.07) is 14.1. The minimum Gasteiger partial charge on any atom is -0.497 e. The molecule has 4 heteroatoms. The fourth-order valence-corrected chi connectivity index (χ4v) is 3.24. The number of hydrogen-bond acceptors (Lipinski definition) is 3. The molecule has 0 saturated carbocycles. The molecule has 0 aromatic heterocycles. The van der Waals surface area contributed by atoms with Crippen molar-refractivity contribution in [3.63, 3.8) is 0 Å². The first-order valence-corrected chi connectivity index (χ1v) is 7.78. The van der Waals surface area contributed by atoms with Gasteiger partial charge in [0, 0.05) is 10.2 Å². The van der Waals surface area contributed by atoms with Crippen molar-refractivity contribution in [1.82, 2.24) is 0 Å². The standard InChI is InChI=1S/C17H18BrNO2/c1-21-15-7-2-12-8-9-17(11-20,16(12)10-15)19-14-5-3-13(18)4-6-14/h2-7,10,19-20H,8-9,11H2,1H3. The summed E-state index contributed by atoms with van der Waals surface area (Å²) in [5.41, 5.74) is 2.97. The van der Waals surface area contributed by atoms with Gasteiger partial charge in [-0.3, -0.25) is 0 Å². The zero-order valence-electron chi connectivity index (χ0n) is 11.9. The number of hydrogen-bond donors (Lipinski definition) is 2. The Hall–Kier alpha value is -1.52. The third-order valence-corrected chi connectivity index (χ3v) is 4.68. The van der Waals surface area contributed by atoms with E-state index in [4.69, 9.17) is 4.74 Å². The Morgan fingerprint density at radius 1 is 1.24 bits per heavy atom. The summed E-state index contributed by atoms with van der Waals surface area (Å²) >= 11 is 3.44. The van der Waals surface area contributed by atoms with Crippen molar-refractivity contribution in [2.75, 3.05) is 19.0 Å². The fraction of sp³-hybridized carbons (Fsp3) is 0.294. The van der Waals surface area contributed by atoms with E-state index in [1.165, 1.54) is 5.56 Å². The van der Waals surface area contributed by atoms with E-state index in [1.807, 2.05) is 36.4 Å². The molecule has 1 aliphatic carbocycles. The second-order valence-electron chi connectivity index (χ2n) is 5.40. The Morgan fingerprint density at radius 2 is 2.00 bits per heavy atom. The van der Waals surface area contributed by atoms with Gasteiger partial charge in [0.15, 0.2) is 0 Å². The van der Waals surface area contributed by atoms with Gasteiger partial charge in [-0.05, 0) is 60.4 Å². The molecule has 2 aromatic rings. The molecule has 3 nitrogen and oxygen atoms in total. The summed E-state index contributed by atoms with van der Waals surface area (Å²) in [7, 11) is 1.67. The Balaban J connectivity index is 1.97. The molecule has 1 unspecified atom stereocenters. The quantitative estimate of drug-likeness (QED) is 0.885. The van der Waals surface area contributed by atoms with Crippen LogP contribution in [0.5, 0.6) is 5.75 Å². The molecule has 2 aromatic carbocycles. The zero-order valence-corrected chi connectivity index (χ0v) is 13.5. The van der Waals surface area contributed by atoms with Gasteiger partial charge >= 0.3 is 0 Å². The monoisotopic (exact) mass is 347 g/mol. The SMILES string of the molecule is COc1ccc2c(c1)C(CO)(Nc1ccc(Br)cc1)CC2. The van der Waals surface area contributed by atoms with Crippen molar-refractivity contribution in [1.29, 1.82) is 0 Å². The minimum atomic E-state index is -0.433. The lowest BCUT2D eigenvalue weighted by atomic mass is 9.92. The third kappa shape index (κ3) is 2.65. The normalized spacial score (nSPS) is 20.1. The highest BCUT2D eigenvalue weighted by atomic mass is 79.9. The predicted octanol–water partition coefficient (Wildman–Crippen LogP) is 3.70. The van der Waals surface area contributed by atoms with Crippen LogP contribution in [-0.2, 0) is 12.0 Å². The first kappa shape index (κ1) is 14.4. The number of aliphatic hydroxyl groups excluding tert-OH is 1. The second-order valence-corrected chi connectivity index (χ2v) is 6.31. The minimum absolute atomic E-state index is 0.0588. The van der Waals surface area contributed by atoms with E-state index in [0.717, 1.165) is 34.3 Å². The van der Waals surface area contributed by atoms with Crippen molar-refractivity contribution in [3.8, 4) is 5.75 Å². The van der Waals surface area contributed by atoms with Crippen LogP contribution in [0.2, 0.25) is 0 Å². The van der Waals surface area contributed by atoms with E-state index in [1.54, 1.807) is 7.11 Å². The summed E-state index contributed by atoms with van der Waals surface area (Å²) in [6.07, 6.45) is 1.84. The molecule has 0 heterocycles. The molecular weight excluding hydrogens is 330 g/mol. The van der Waals surface area contributed by atoms with Gasteiger partial charge in [0.1, 0.15) is 5.75 Å². The number of rotatable bonds is 4. The number of ether oxygens (including phenoxy) is 1. The molecule has 2 N–H and O–H groups in total. The van der Waals surface area contributed by atoms with Gasteiger partial charge < -0.3 is 15.2 Å². The van der Waals surface area contributed by atoms with Crippen LogP contribution in [0.3, 0.4) is 0 Å². The van der Waals surface area contributed by atoms with Crippen molar-refractivity contribution < 1.29 is 9.84 Å². The summed E-state index contributed by atoms with van der Waals surface area (Å²) in [4.78, 5) is 0. The van der Waals surface area contributed by atoms with Gasteiger partial charge in [-0.2, -0.15) is 0 Å². The van der Waals surface area contributed by atoms with Crippen LogP contribution in [0.15, 0.2) is 46.9 Å². The van der Waals surface area contributed by atoms with Gasteiger partial charge in [-0.25, -0.2) is 0 Å². The van der Waals surface area contributed by atoms with Crippen molar-refractivity contribution in [3.05, 3.63) is 58.1 Å².